The Bertz CT molecular complexity index is 1230. The van der Waals surface area contributed by atoms with E-state index in [4.69, 9.17) is 0 Å². The van der Waals surface area contributed by atoms with Gasteiger partial charge >= 0.3 is 166 Å². The Morgan fingerprint density at radius 3 is 2.33 bits per heavy atom. The predicted molar refractivity (Wildman–Crippen MR) is 100 cm³/mol. The number of hydrogen-bond donors (Lipinski definition) is 1. The molecule has 2 bridgehead atoms. The second-order valence-electron chi connectivity index (χ2n) is 6.30. The van der Waals surface area contributed by atoms with Gasteiger partial charge in [0.15, 0.2) is 0 Å². The fraction of sp³-hybridized carbons (Fsp3) is 0. The number of sulfone groups is 1. The van der Waals surface area contributed by atoms with Crippen LogP contribution in [0.15, 0.2) is 64.3 Å². The van der Waals surface area contributed by atoms with Crippen molar-refractivity contribution in [3.05, 3.63) is 70.8 Å². The maximum atomic E-state index is 13.2. The van der Waals surface area contributed by atoms with E-state index in [0.29, 0.717) is 13.1 Å². The molecule has 1 N–H and O–H groups in total. The fourth-order valence-electron chi connectivity index (χ4n) is 3.79. The number of imide groups is 1. The number of carbonyl (C=O) groups is 2. The van der Waals surface area contributed by atoms with E-state index in [0.717, 1.165) is 36.1 Å². The summed E-state index contributed by atoms with van der Waals surface area (Å²) in [4.78, 5) is 24.1. The molecular weight excluding hydrogens is 492 g/mol. The van der Waals surface area contributed by atoms with Crippen molar-refractivity contribution < 1.29 is 22.4 Å². The van der Waals surface area contributed by atoms with Crippen molar-refractivity contribution in [1.82, 2.24) is 5.32 Å². The number of benzene rings is 2. The van der Waals surface area contributed by atoms with Gasteiger partial charge < -0.3 is 0 Å². The van der Waals surface area contributed by atoms with E-state index in [1.54, 1.807) is 0 Å². The number of carbonyl (C=O) groups excluding carboxylic acids is 2. The molecule has 0 saturated carbocycles. The molecule has 0 aliphatic carbocycles. The van der Waals surface area contributed by atoms with Crippen LogP contribution in [0, 0.1) is 5.82 Å². The van der Waals surface area contributed by atoms with Crippen LogP contribution >= 0.6 is 11.8 Å². The van der Waals surface area contributed by atoms with Crippen LogP contribution in [0.4, 0.5) is 9.18 Å². The quantitative estimate of drug-likeness (QED) is 0.504. The van der Waals surface area contributed by atoms with E-state index in [2.05, 4.69) is 5.32 Å². The van der Waals surface area contributed by atoms with Gasteiger partial charge in [0.25, 0.3) is 0 Å². The number of hydrogen-bond acceptors (Lipinski definition) is 5. The summed E-state index contributed by atoms with van der Waals surface area (Å²) in [5, 5.41) is 1.81. The Morgan fingerprint density at radius 1 is 1.00 bits per heavy atom. The van der Waals surface area contributed by atoms with Crippen LogP contribution in [0.5, 0.6) is 0 Å². The number of halogens is 1. The molecule has 0 aromatic heterocycles. The molecule has 2 aromatic rings. The second kappa shape index (κ2) is 5.83. The van der Waals surface area contributed by atoms with Crippen molar-refractivity contribution in [3.63, 3.8) is 0 Å². The summed E-state index contributed by atoms with van der Waals surface area (Å²) in [6, 6.07) is 12.2. The standard InChI is InChI=1S/C18H9FNO4S2.In/c19-14-6-8-15(9-7-14)26(23,24)11-13(12-4-2-1-3-5-12)10-16-17(21)20-18(22)25-16;/h1-4,6-9H,(H,20,21,22);. The van der Waals surface area contributed by atoms with Crippen LogP contribution in [0.1, 0.15) is 5.56 Å². The van der Waals surface area contributed by atoms with Gasteiger partial charge in [0.2, 0.25) is 0 Å². The van der Waals surface area contributed by atoms with E-state index in [9.17, 15) is 22.4 Å². The molecule has 2 aromatic carbocycles. The number of allylic oxidation sites excluding steroid dienone is 2. The molecule has 9 heteroatoms. The van der Waals surface area contributed by atoms with Gasteiger partial charge in [-0.2, -0.15) is 0 Å². The average molecular weight is 501 g/mol. The third-order valence-electron chi connectivity index (χ3n) is 4.88. The van der Waals surface area contributed by atoms with Gasteiger partial charge in [-0.25, -0.2) is 0 Å². The van der Waals surface area contributed by atoms with Crippen LogP contribution < -0.4 is 8.64 Å². The minimum atomic E-state index is -3.77. The van der Waals surface area contributed by atoms with E-state index in [1.165, 1.54) is 12.1 Å². The number of nitrogens with one attached hydrogen (secondary N) is 1. The van der Waals surface area contributed by atoms with Gasteiger partial charge in [-0.3, -0.25) is 0 Å². The molecule has 2 amide bonds. The Kier molecular flexibility index (Phi) is 3.73. The number of rotatable bonds is 2. The molecule has 27 heavy (non-hydrogen) atoms. The summed E-state index contributed by atoms with van der Waals surface area (Å²) in [6.07, 6.45) is 0. The Hall–Kier alpha value is -1.84. The first kappa shape index (κ1) is 17.3. The summed E-state index contributed by atoms with van der Waals surface area (Å²) in [6.45, 7) is 0. The fourth-order valence-corrected chi connectivity index (χ4v) is 21.8. The SMILES string of the molecule is O=C1NC(=O)/C(=[C]2\C3=[C](S(=O)(=O)c4ccc(F)cc4)[In]2[c]2ccccc23)S1. The summed E-state index contributed by atoms with van der Waals surface area (Å²) in [5.74, 6) is -0.958. The Morgan fingerprint density at radius 2 is 1.70 bits per heavy atom. The van der Waals surface area contributed by atoms with Crippen LogP contribution in [0.25, 0.3) is 5.57 Å². The molecule has 1 saturated heterocycles. The average Bonchev–Trinajstić information content (AvgIpc) is 3.23. The molecule has 0 unspecified atom stereocenters. The van der Waals surface area contributed by atoms with E-state index < -0.39 is 48.2 Å². The van der Waals surface area contributed by atoms with E-state index in [-0.39, 0.29) is 4.90 Å². The van der Waals surface area contributed by atoms with Crippen LogP contribution in [-0.2, 0) is 14.6 Å². The van der Waals surface area contributed by atoms with Crippen molar-refractivity contribution in [3.8, 4) is 0 Å². The summed E-state index contributed by atoms with van der Waals surface area (Å²) >= 11 is -2.36. The second-order valence-corrected chi connectivity index (χ2v) is 17.9. The van der Waals surface area contributed by atoms with Crippen LogP contribution in [-0.4, -0.2) is 41.0 Å². The van der Waals surface area contributed by atoms with Gasteiger partial charge in [-0.15, -0.1) is 0 Å². The molecule has 132 valence electrons. The zero-order valence-electron chi connectivity index (χ0n) is 13.5. The first-order valence-electron chi connectivity index (χ1n) is 8.01. The minimum absolute atomic E-state index is 0.0505. The molecular formula is C18H9FInNO4S2. The first-order chi connectivity index (χ1) is 12.9. The molecule has 6 rings (SSSR count). The zero-order valence-corrected chi connectivity index (χ0v) is 18.5. The third kappa shape index (κ3) is 2.34. The molecule has 0 spiro atoms. The Labute approximate surface area is 165 Å². The van der Waals surface area contributed by atoms with Gasteiger partial charge in [0.05, 0.1) is 0 Å². The van der Waals surface area contributed by atoms with Crippen LogP contribution in [0.3, 0.4) is 0 Å². The molecule has 0 radical (unpaired) electrons. The third-order valence-corrected chi connectivity index (χ3v) is 21.1. The number of amides is 2. The van der Waals surface area contributed by atoms with Crippen molar-refractivity contribution in [1.29, 1.82) is 0 Å². The molecule has 4 heterocycles. The predicted octanol–water partition coefficient (Wildman–Crippen LogP) is 2.06. The molecule has 4 aliphatic heterocycles. The molecule has 5 nitrogen and oxygen atoms in total. The molecule has 4 aliphatic rings. The van der Waals surface area contributed by atoms with E-state index in [1.807, 2.05) is 24.3 Å². The Balaban J connectivity index is 1.74. The summed E-state index contributed by atoms with van der Waals surface area (Å²) in [7, 11) is -3.77. The topological polar surface area (TPSA) is 80.3 Å². The maximum absolute atomic E-state index is 13.2. The van der Waals surface area contributed by atoms with Crippen molar-refractivity contribution in [2.45, 2.75) is 4.90 Å². The number of thioether (sulfide) groups is 1. The zero-order chi connectivity index (χ0) is 18.9. The first-order valence-corrected chi connectivity index (χ1v) is 15.3. The van der Waals surface area contributed by atoms with Gasteiger partial charge in [0.1, 0.15) is 0 Å². The van der Waals surface area contributed by atoms with Gasteiger partial charge in [0, 0.05) is 0 Å². The van der Waals surface area contributed by atoms with Crippen molar-refractivity contribution in [2.24, 2.45) is 0 Å². The summed E-state index contributed by atoms with van der Waals surface area (Å²) < 4.78 is 41.9. The normalized spacial score (nSPS) is 20.7. The van der Waals surface area contributed by atoms with Crippen molar-refractivity contribution >= 4 is 63.1 Å². The van der Waals surface area contributed by atoms with E-state index >= 15 is 0 Å². The van der Waals surface area contributed by atoms with Gasteiger partial charge in [-0.05, 0) is 0 Å². The molecule has 0 atom stereocenters. The van der Waals surface area contributed by atoms with Gasteiger partial charge in [-0.1, -0.05) is 0 Å². The summed E-state index contributed by atoms with van der Waals surface area (Å²) in [5.41, 5.74) is 1.41. The van der Waals surface area contributed by atoms with Crippen LogP contribution in [0.2, 0.25) is 0 Å². The monoisotopic (exact) mass is 501 g/mol. The van der Waals surface area contributed by atoms with Crippen molar-refractivity contribution in [2.75, 3.05) is 0 Å². The molecule has 1 fully saturated rings.